The normalized spacial score (nSPS) is 17.4. The number of fused-ring (bicyclic) bond motifs is 3. The molecular formula is C24H26N2O6. The average molecular weight is 438 g/mol. The summed E-state index contributed by atoms with van der Waals surface area (Å²) in [6.07, 6.45) is 0.710. The van der Waals surface area contributed by atoms with Crippen LogP contribution in [-0.4, -0.2) is 53.0 Å². The van der Waals surface area contributed by atoms with Crippen molar-refractivity contribution in [3.63, 3.8) is 0 Å². The molecule has 8 heteroatoms. The summed E-state index contributed by atoms with van der Waals surface area (Å²) >= 11 is 0. The summed E-state index contributed by atoms with van der Waals surface area (Å²) in [7, 11) is 0. The molecule has 2 aliphatic carbocycles. The van der Waals surface area contributed by atoms with E-state index < -0.39 is 36.2 Å². The third-order valence-corrected chi connectivity index (χ3v) is 6.36. The van der Waals surface area contributed by atoms with Crippen LogP contribution in [0.2, 0.25) is 0 Å². The van der Waals surface area contributed by atoms with E-state index in [1.165, 1.54) is 0 Å². The molecule has 0 spiro atoms. The van der Waals surface area contributed by atoms with Crippen LogP contribution in [0.1, 0.15) is 36.8 Å². The van der Waals surface area contributed by atoms with Crippen molar-refractivity contribution in [1.82, 2.24) is 10.6 Å². The molecule has 32 heavy (non-hydrogen) atoms. The Morgan fingerprint density at radius 3 is 2.12 bits per heavy atom. The molecule has 0 aromatic heterocycles. The number of aliphatic hydroxyl groups is 1. The first kappa shape index (κ1) is 21.8. The molecule has 2 aromatic rings. The highest BCUT2D eigenvalue weighted by Gasteiger charge is 2.49. The Balaban J connectivity index is 1.45. The van der Waals surface area contributed by atoms with E-state index in [0.29, 0.717) is 0 Å². The Bertz CT molecular complexity index is 1000. The average Bonchev–Trinajstić information content (AvgIpc) is 3.59. The number of ether oxygens (including phenoxy) is 1. The van der Waals surface area contributed by atoms with Crippen molar-refractivity contribution in [1.29, 1.82) is 0 Å². The maximum Gasteiger partial charge on any atom is 0.408 e. The van der Waals surface area contributed by atoms with Gasteiger partial charge in [-0.2, -0.15) is 0 Å². The van der Waals surface area contributed by atoms with Crippen LogP contribution in [0.25, 0.3) is 11.1 Å². The second-order valence-electron chi connectivity index (χ2n) is 8.47. The highest BCUT2D eigenvalue weighted by molar-refractivity contribution is 5.93. The second kappa shape index (κ2) is 8.63. The van der Waals surface area contributed by atoms with Gasteiger partial charge >= 0.3 is 12.1 Å². The molecule has 0 saturated heterocycles. The van der Waals surface area contributed by atoms with Crippen LogP contribution in [0, 0.1) is 5.92 Å². The van der Waals surface area contributed by atoms with Crippen LogP contribution in [0.5, 0.6) is 0 Å². The maximum absolute atomic E-state index is 12.8. The number of aliphatic carboxylic acids is 1. The summed E-state index contributed by atoms with van der Waals surface area (Å²) in [6, 6.07) is 14.5. The van der Waals surface area contributed by atoms with Crippen molar-refractivity contribution in [2.75, 3.05) is 13.2 Å². The fourth-order valence-corrected chi connectivity index (χ4v) is 4.35. The number of amides is 2. The van der Waals surface area contributed by atoms with Gasteiger partial charge in [-0.3, -0.25) is 4.79 Å². The van der Waals surface area contributed by atoms with E-state index in [1.54, 1.807) is 6.92 Å². The minimum absolute atomic E-state index is 0.108. The number of benzene rings is 2. The van der Waals surface area contributed by atoms with Crippen molar-refractivity contribution in [3.05, 3.63) is 59.7 Å². The Morgan fingerprint density at radius 2 is 1.62 bits per heavy atom. The molecular weight excluding hydrogens is 412 g/mol. The molecule has 4 N–H and O–H groups in total. The number of carbonyl (C=O) groups excluding carboxylic acids is 2. The fourth-order valence-electron chi connectivity index (χ4n) is 4.35. The van der Waals surface area contributed by atoms with E-state index in [9.17, 15) is 19.5 Å². The molecule has 2 atom stereocenters. The molecule has 0 radical (unpaired) electrons. The second-order valence-corrected chi connectivity index (χ2v) is 8.47. The number of hydrogen-bond donors (Lipinski definition) is 4. The van der Waals surface area contributed by atoms with Crippen molar-refractivity contribution in [2.24, 2.45) is 5.92 Å². The maximum atomic E-state index is 12.8. The Morgan fingerprint density at radius 1 is 1.06 bits per heavy atom. The Kier molecular flexibility index (Phi) is 5.88. The molecule has 0 aliphatic heterocycles. The predicted octanol–water partition coefficient (Wildman–Crippen LogP) is 2.26. The predicted molar refractivity (Wildman–Crippen MR) is 116 cm³/mol. The first-order valence-electron chi connectivity index (χ1n) is 10.6. The summed E-state index contributed by atoms with van der Waals surface area (Å²) in [5, 5.41) is 23.3. The van der Waals surface area contributed by atoms with Crippen molar-refractivity contribution < 1.29 is 29.3 Å². The highest BCUT2D eigenvalue weighted by Crippen LogP contribution is 2.44. The molecule has 1 fully saturated rings. The lowest BCUT2D eigenvalue weighted by Crippen LogP contribution is -2.61. The number of carboxylic acids is 1. The van der Waals surface area contributed by atoms with Gasteiger partial charge in [-0.25, -0.2) is 9.59 Å². The number of carbonyl (C=O) groups is 3. The monoisotopic (exact) mass is 438 g/mol. The number of alkyl carbamates (subject to hydrolysis) is 1. The van der Waals surface area contributed by atoms with Crippen molar-refractivity contribution in [2.45, 2.75) is 37.3 Å². The molecule has 2 amide bonds. The summed E-state index contributed by atoms with van der Waals surface area (Å²) in [4.78, 5) is 36.6. The van der Waals surface area contributed by atoms with E-state index >= 15 is 0 Å². The number of aliphatic hydroxyl groups excluding tert-OH is 1. The minimum atomic E-state index is -1.44. The largest absolute Gasteiger partial charge is 0.480 e. The van der Waals surface area contributed by atoms with E-state index in [1.807, 2.05) is 48.5 Å². The zero-order chi connectivity index (χ0) is 22.9. The molecule has 8 nitrogen and oxygen atoms in total. The lowest BCUT2D eigenvalue weighted by atomic mass is 9.94. The molecule has 2 aromatic carbocycles. The Hall–Kier alpha value is -3.39. The smallest absolute Gasteiger partial charge is 0.408 e. The van der Waals surface area contributed by atoms with E-state index in [0.717, 1.165) is 35.1 Å². The van der Waals surface area contributed by atoms with E-state index in [-0.39, 0.29) is 18.4 Å². The number of carboxylic acid groups (broad SMARTS) is 1. The third kappa shape index (κ3) is 4.05. The summed E-state index contributed by atoms with van der Waals surface area (Å²) in [5.41, 5.74) is 3.06. The van der Waals surface area contributed by atoms with Gasteiger partial charge in [0.15, 0.2) is 0 Å². The molecule has 1 saturated carbocycles. The van der Waals surface area contributed by atoms with Crippen LogP contribution in [0.3, 0.4) is 0 Å². The molecule has 0 heterocycles. The van der Waals surface area contributed by atoms with Crippen LogP contribution < -0.4 is 10.6 Å². The Labute approximate surface area is 185 Å². The van der Waals surface area contributed by atoms with Crippen LogP contribution in [0.15, 0.2) is 48.5 Å². The minimum Gasteiger partial charge on any atom is -0.480 e. The molecule has 4 rings (SSSR count). The third-order valence-electron chi connectivity index (χ3n) is 6.36. The fraction of sp³-hybridized carbons (Fsp3) is 0.375. The van der Waals surface area contributed by atoms with Gasteiger partial charge in [0.2, 0.25) is 5.91 Å². The van der Waals surface area contributed by atoms with Gasteiger partial charge in [0.05, 0.1) is 6.61 Å². The van der Waals surface area contributed by atoms with Crippen molar-refractivity contribution in [3.8, 4) is 11.1 Å². The first-order chi connectivity index (χ1) is 15.3. The quantitative estimate of drug-likeness (QED) is 0.501. The van der Waals surface area contributed by atoms with Gasteiger partial charge in [0, 0.05) is 5.92 Å². The molecule has 2 aliphatic rings. The lowest BCUT2D eigenvalue weighted by Gasteiger charge is -2.30. The SMILES string of the molecule is CC(NC(=O)OCC1c2ccccc2-c2ccccc21)(C(=O)NC(CO)C(=O)O)C1CC1. The summed E-state index contributed by atoms with van der Waals surface area (Å²) in [6.45, 7) is 0.918. The van der Waals surface area contributed by atoms with E-state index in [4.69, 9.17) is 9.84 Å². The van der Waals surface area contributed by atoms with Gasteiger partial charge in [-0.05, 0) is 47.9 Å². The van der Waals surface area contributed by atoms with Crippen LogP contribution in [-0.2, 0) is 14.3 Å². The van der Waals surface area contributed by atoms with E-state index in [2.05, 4.69) is 10.6 Å². The van der Waals surface area contributed by atoms with Gasteiger partial charge < -0.3 is 25.6 Å². The molecule has 2 unspecified atom stereocenters. The standard InChI is InChI=1S/C24H26N2O6/c1-24(14-10-11-14,22(30)25-20(12-27)21(28)29)26-23(31)32-13-19-17-8-4-2-6-15(17)16-7-3-5-9-18(16)19/h2-9,14,19-20,27H,10-13H2,1H3,(H,25,30)(H,26,31)(H,28,29). The summed E-state index contributed by atoms with van der Waals surface area (Å²) < 4.78 is 5.55. The van der Waals surface area contributed by atoms with Gasteiger partial charge in [-0.15, -0.1) is 0 Å². The lowest BCUT2D eigenvalue weighted by molar-refractivity contribution is -0.144. The topological polar surface area (TPSA) is 125 Å². The summed E-state index contributed by atoms with van der Waals surface area (Å²) in [5.74, 6) is -2.24. The van der Waals surface area contributed by atoms with Gasteiger partial charge in [0.25, 0.3) is 0 Å². The van der Waals surface area contributed by atoms with Gasteiger partial charge in [0.1, 0.15) is 18.2 Å². The number of nitrogens with one attached hydrogen (secondary N) is 2. The van der Waals surface area contributed by atoms with Crippen LogP contribution >= 0.6 is 0 Å². The zero-order valence-corrected chi connectivity index (χ0v) is 17.7. The first-order valence-corrected chi connectivity index (χ1v) is 10.6. The number of hydrogen-bond acceptors (Lipinski definition) is 5. The highest BCUT2D eigenvalue weighted by atomic mass is 16.5. The molecule has 0 bridgehead atoms. The number of rotatable bonds is 8. The molecule has 168 valence electrons. The van der Waals surface area contributed by atoms with Gasteiger partial charge in [-0.1, -0.05) is 48.5 Å². The zero-order valence-electron chi connectivity index (χ0n) is 17.7. The van der Waals surface area contributed by atoms with Crippen molar-refractivity contribution >= 4 is 18.0 Å². The van der Waals surface area contributed by atoms with Crippen LogP contribution in [0.4, 0.5) is 4.79 Å².